The molecule has 0 unspecified atom stereocenters. The molecule has 2 aromatic rings. The molecule has 35 heavy (non-hydrogen) atoms. The minimum Gasteiger partial charge on any atom is -0.490 e. The first-order valence-electron chi connectivity index (χ1n) is 11.4. The van der Waals surface area contributed by atoms with Gasteiger partial charge in [-0.1, -0.05) is 19.4 Å². The van der Waals surface area contributed by atoms with Crippen molar-refractivity contribution in [2.75, 3.05) is 31.9 Å². The molecule has 0 aliphatic carbocycles. The van der Waals surface area contributed by atoms with Crippen LogP contribution in [-0.4, -0.2) is 44.3 Å². The Morgan fingerprint density at radius 2 is 1.80 bits per heavy atom. The first-order chi connectivity index (χ1) is 16.9. The predicted molar refractivity (Wildman–Crippen MR) is 129 cm³/mol. The molecule has 0 radical (unpaired) electrons. The van der Waals surface area contributed by atoms with E-state index in [2.05, 4.69) is 12.2 Å². The van der Waals surface area contributed by atoms with E-state index in [1.807, 2.05) is 6.92 Å². The number of fused-ring (bicyclic) bond motifs is 1. The van der Waals surface area contributed by atoms with Gasteiger partial charge in [-0.2, -0.15) is 0 Å². The van der Waals surface area contributed by atoms with Gasteiger partial charge < -0.3 is 29.0 Å². The molecule has 0 atom stereocenters. The second-order valence-electron chi connectivity index (χ2n) is 7.64. The van der Waals surface area contributed by atoms with Crippen LogP contribution in [0, 0.1) is 0 Å². The monoisotopic (exact) mass is 483 g/mol. The first kappa shape index (κ1) is 25.6. The van der Waals surface area contributed by atoms with E-state index in [1.165, 1.54) is 25.1 Å². The smallest absolute Gasteiger partial charge is 0.331 e. The molecule has 1 aliphatic heterocycles. The van der Waals surface area contributed by atoms with Crippen LogP contribution in [0.5, 0.6) is 23.0 Å². The molecule has 186 valence electrons. The number of carbonyl (C=O) groups excluding carboxylic acids is 3. The number of ether oxygens (including phenoxy) is 5. The van der Waals surface area contributed by atoms with E-state index in [0.717, 1.165) is 12.8 Å². The van der Waals surface area contributed by atoms with Crippen molar-refractivity contribution in [2.24, 2.45) is 0 Å². The van der Waals surface area contributed by atoms with Crippen LogP contribution >= 0.6 is 0 Å². The van der Waals surface area contributed by atoms with Crippen LogP contribution in [0.2, 0.25) is 0 Å². The summed E-state index contributed by atoms with van der Waals surface area (Å²) in [5.41, 5.74) is 1.23. The minimum absolute atomic E-state index is 0.0364. The highest BCUT2D eigenvalue weighted by atomic mass is 16.7. The summed E-state index contributed by atoms with van der Waals surface area (Å²) in [6, 6.07) is 8.36. The van der Waals surface area contributed by atoms with Gasteiger partial charge in [0.1, 0.15) is 0 Å². The third-order valence-electron chi connectivity index (χ3n) is 4.95. The van der Waals surface area contributed by atoms with Gasteiger partial charge in [-0.05, 0) is 50.1 Å². The zero-order valence-corrected chi connectivity index (χ0v) is 20.1. The third-order valence-corrected chi connectivity index (χ3v) is 4.95. The van der Waals surface area contributed by atoms with Gasteiger partial charge in [0.05, 0.1) is 18.9 Å². The fourth-order valence-electron chi connectivity index (χ4n) is 3.21. The number of benzene rings is 2. The zero-order chi connectivity index (χ0) is 25.2. The van der Waals surface area contributed by atoms with Gasteiger partial charge in [0.15, 0.2) is 35.4 Å². The molecule has 1 N–H and O–H groups in total. The standard InChI is InChI=1S/C26H29NO8/c1-4-6-11-32-21-9-7-18(12-22(21)31-5-2)8-10-26(30)33-15-25(29)27-20-14-24-23(34-16-35-24)13-19(20)17(3)28/h7-10,12-14H,4-6,11,15-16H2,1-3H3,(H,27,29)/b10-8+. The summed E-state index contributed by atoms with van der Waals surface area (Å²) < 4.78 is 27.0. The van der Waals surface area contributed by atoms with E-state index in [1.54, 1.807) is 24.3 Å². The Morgan fingerprint density at radius 1 is 1.03 bits per heavy atom. The van der Waals surface area contributed by atoms with Crippen LogP contribution in [-0.2, 0) is 14.3 Å². The second kappa shape index (κ2) is 12.5. The van der Waals surface area contributed by atoms with Gasteiger partial charge in [-0.15, -0.1) is 0 Å². The Balaban J connectivity index is 1.56. The molecular weight excluding hydrogens is 454 g/mol. The Hall–Kier alpha value is -4.01. The summed E-state index contributed by atoms with van der Waals surface area (Å²) in [6.07, 6.45) is 4.75. The van der Waals surface area contributed by atoms with Gasteiger partial charge in [-0.25, -0.2) is 4.79 Å². The SMILES string of the molecule is CCCCOc1ccc(/C=C/C(=O)OCC(=O)Nc2cc3c(cc2C(C)=O)OCO3)cc1OCC. The van der Waals surface area contributed by atoms with E-state index < -0.39 is 18.5 Å². The summed E-state index contributed by atoms with van der Waals surface area (Å²) in [5, 5.41) is 2.57. The summed E-state index contributed by atoms with van der Waals surface area (Å²) >= 11 is 0. The lowest BCUT2D eigenvalue weighted by Crippen LogP contribution is -2.21. The van der Waals surface area contributed by atoms with Crippen molar-refractivity contribution in [1.82, 2.24) is 0 Å². The van der Waals surface area contributed by atoms with Gasteiger partial charge in [0, 0.05) is 17.7 Å². The van der Waals surface area contributed by atoms with Crippen molar-refractivity contribution < 1.29 is 38.1 Å². The lowest BCUT2D eigenvalue weighted by atomic mass is 10.1. The number of anilines is 1. The Bertz CT molecular complexity index is 1110. The van der Waals surface area contributed by atoms with E-state index >= 15 is 0 Å². The number of hydrogen-bond donors (Lipinski definition) is 1. The highest BCUT2D eigenvalue weighted by molar-refractivity contribution is 6.05. The molecule has 0 bridgehead atoms. The highest BCUT2D eigenvalue weighted by Gasteiger charge is 2.20. The van der Waals surface area contributed by atoms with Gasteiger partial charge in [0.25, 0.3) is 5.91 Å². The normalized spacial score (nSPS) is 11.9. The number of Topliss-reactive ketones (excluding diaryl/α,β-unsaturated/α-hetero) is 1. The third kappa shape index (κ3) is 7.23. The van der Waals surface area contributed by atoms with Crippen molar-refractivity contribution in [3.63, 3.8) is 0 Å². The molecule has 1 aliphatic rings. The molecule has 0 aromatic heterocycles. The van der Waals surface area contributed by atoms with E-state index in [4.69, 9.17) is 23.7 Å². The molecule has 2 aromatic carbocycles. The average molecular weight is 484 g/mol. The summed E-state index contributed by atoms with van der Waals surface area (Å²) in [7, 11) is 0. The zero-order valence-electron chi connectivity index (χ0n) is 20.1. The largest absolute Gasteiger partial charge is 0.490 e. The fraction of sp³-hybridized carbons (Fsp3) is 0.346. The average Bonchev–Trinajstić information content (AvgIpc) is 3.29. The van der Waals surface area contributed by atoms with Crippen LogP contribution in [0.4, 0.5) is 5.69 Å². The topological polar surface area (TPSA) is 109 Å². The molecule has 0 spiro atoms. The van der Waals surface area contributed by atoms with Gasteiger partial charge in [-0.3, -0.25) is 9.59 Å². The Labute approximate surface area is 204 Å². The molecule has 3 rings (SSSR count). The molecular formula is C26H29NO8. The number of esters is 1. The number of hydrogen-bond acceptors (Lipinski definition) is 8. The molecule has 9 heteroatoms. The van der Waals surface area contributed by atoms with E-state index in [0.29, 0.717) is 41.8 Å². The molecule has 9 nitrogen and oxygen atoms in total. The van der Waals surface area contributed by atoms with Crippen molar-refractivity contribution in [3.8, 4) is 23.0 Å². The quantitative estimate of drug-likeness (QED) is 0.205. The van der Waals surface area contributed by atoms with Gasteiger partial charge >= 0.3 is 5.97 Å². The molecule has 0 fully saturated rings. The van der Waals surface area contributed by atoms with Crippen molar-refractivity contribution >= 4 is 29.4 Å². The Kier molecular flexibility index (Phi) is 9.11. The number of unbranched alkanes of at least 4 members (excludes halogenated alkanes) is 1. The number of ketones is 1. The maximum absolute atomic E-state index is 12.3. The maximum Gasteiger partial charge on any atom is 0.331 e. The lowest BCUT2D eigenvalue weighted by Gasteiger charge is -2.12. The summed E-state index contributed by atoms with van der Waals surface area (Å²) in [4.78, 5) is 36.3. The minimum atomic E-state index is -0.695. The summed E-state index contributed by atoms with van der Waals surface area (Å²) in [6.45, 7) is 5.92. The van der Waals surface area contributed by atoms with Crippen molar-refractivity contribution in [3.05, 3.63) is 47.5 Å². The number of nitrogens with one attached hydrogen (secondary N) is 1. The van der Waals surface area contributed by atoms with E-state index in [9.17, 15) is 14.4 Å². The first-order valence-corrected chi connectivity index (χ1v) is 11.4. The molecule has 0 saturated carbocycles. The van der Waals surface area contributed by atoms with Crippen LogP contribution in [0.1, 0.15) is 49.5 Å². The van der Waals surface area contributed by atoms with Crippen LogP contribution in [0.25, 0.3) is 6.08 Å². The van der Waals surface area contributed by atoms with E-state index in [-0.39, 0.29) is 23.8 Å². The molecule has 0 saturated heterocycles. The predicted octanol–water partition coefficient (Wildman–Crippen LogP) is 4.39. The number of rotatable bonds is 12. The van der Waals surface area contributed by atoms with Crippen molar-refractivity contribution in [1.29, 1.82) is 0 Å². The van der Waals surface area contributed by atoms with Crippen LogP contribution in [0.3, 0.4) is 0 Å². The second-order valence-corrected chi connectivity index (χ2v) is 7.64. The Morgan fingerprint density at radius 3 is 2.51 bits per heavy atom. The van der Waals surface area contributed by atoms with Gasteiger partial charge in [0.2, 0.25) is 6.79 Å². The van der Waals surface area contributed by atoms with Crippen LogP contribution in [0.15, 0.2) is 36.4 Å². The number of amides is 1. The van der Waals surface area contributed by atoms with Crippen LogP contribution < -0.4 is 24.3 Å². The van der Waals surface area contributed by atoms with Crippen molar-refractivity contribution in [2.45, 2.75) is 33.6 Å². The lowest BCUT2D eigenvalue weighted by molar-refractivity contribution is -0.142. The fourth-order valence-corrected chi connectivity index (χ4v) is 3.21. The highest BCUT2D eigenvalue weighted by Crippen LogP contribution is 2.37. The molecule has 1 heterocycles. The molecule has 1 amide bonds. The maximum atomic E-state index is 12.3. The summed E-state index contributed by atoms with van der Waals surface area (Å²) in [5.74, 6) is 0.524. The number of carbonyl (C=O) groups is 3.